The summed E-state index contributed by atoms with van der Waals surface area (Å²) in [6.07, 6.45) is 1.49. The summed E-state index contributed by atoms with van der Waals surface area (Å²) in [4.78, 5) is 22.4. The zero-order valence-electron chi connectivity index (χ0n) is 9.69. The molecule has 0 saturated heterocycles. The van der Waals surface area contributed by atoms with Gasteiger partial charge >= 0.3 is 5.97 Å². The number of nitrogens with one attached hydrogen (secondary N) is 2. The van der Waals surface area contributed by atoms with Gasteiger partial charge in [-0.1, -0.05) is 13.3 Å². The van der Waals surface area contributed by atoms with Gasteiger partial charge in [0.05, 0.1) is 6.04 Å². The number of amides is 1. The molecule has 0 aromatic carbocycles. The molecule has 0 aliphatic carbocycles. The van der Waals surface area contributed by atoms with Crippen LogP contribution in [0.25, 0.3) is 0 Å². The molecule has 6 nitrogen and oxygen atoms in total. The Labute approximate surface area is 95.0 Å². The first-order valence-corrected chi connectivity index (χ1v) is 5.38. The van der Waals surface area contributed by atoms with E-state index in [-0.39, 0.29) is 25.0 Å². The van der Waals surface area contributed by atoms with Crippen molar-refractivity contribution in [1.29, 1.82) is 0 Å². The van der Waals surface area contributed by atoms with Gasteiger partial charge in [-0.3, -0.25) is 4.79 Å². The molecule has 1 amide bonds. The molecule has 0 spiro atoms. The Bertz CT molecular complexity index is 233. The Balaban J connectivity index is 4.31. The number of rotatable bonds is 8. The molecule has 0 aromatic rings. The van der Waals surface area contributed by atoms with E-state index >= 15 is 0 Å². The molecule has 0 bridgehead atoms. The maximum atomic E-state index is 11.6. The monoisotopic (exact) mass is 232 g/mol. The standard InChI is InChI=1S/C10H20N2O4/c1-3-4-7(11-2)9(14)12-8(5-6-13)10(15)16/h7-8,11,13H,3-6H2,1-2H3,(H,12,14)(H,15,16)/t7-,8+/m1/s1. The lowest BCUT2D eigenvalue weighted by Gasteiger charge is -2.19. The van der Waals surface area contributed by atoms with Crippen LogP contribution < -0.4 is 10.6 Å². The molecule has 0 fully saturated rings. The minimum Gasteiger partial charge on any atom is -0.480 e. The van der Waals surface area contributed by atoms with Crippen LogP contribution in [0.3, 0.4) is 0 Å². The molecule has 0 aliphatic rings. The topological polar surface area (TPSA) is 98.7 Å². The number of likely N-dealkylation sites (N-methyl/N-ethyl adjacent to an activating group) is 1. The van der Waals surface area contributed by atoms with Gasteiger partial charge < -0.3 is 20.8 Å². The summed E-state index contributed by atoms with van der Waals surface area (Å²) in [5, 5.41) is 22.7. The second-order valence-corrected chi connectivity index (χ2v) is 3.54. The van der Waals surface area contributed by atoms with Gasteiger partial charge in [0, 0.05) is 13.0 Å². The lowest BCUT2D eigenvalue weighted by molar-refractivity contribution is -0.142. The van der Waals surface area contributed by atoms with Crippen molar-refractivity contribution >= 4 is 11.9 Å². The molecule has 0 aromatic heterocycles. The van der Waals surface area contributed by atoms with Crippen LogP contribution in [0.4, 0.5) is 0 Å². The molecule has 16 heavy (non-hydrogen) atoms. The van der Waals surface area contributed by atoms with Gasteiger partial charge in [0.1, 0.15) is 6.04 Å². The maximum Gasteiger partial charge on any atom is 0.326 e. The zero-order valence-corrected chi connectivity index (χ0v) is 9.69. The molecule has 0 aliphatic heterocycles. The van der Waals surface area contributed by atoms with E-state index in [1.165, 1.54) is 0 Å². The summed E-state index contributed by atoms with van der Waals surface area (Å²) < 4.78 is 0. The highest BCUT2D eigenvalue weighted by atomic mass is 16.4. The highest BCUT2D eigenvalue weighted by molar-refractivity contribution is 5.86. The summed E-state index contributed by atoms with van der Waals surface area (Å²) in [7, 11) is 1.65. The van der Waals surface area contributed by atoms with Gasteiger partial charge in [0.25, 0.3) is 0 Å². The van der Waals surface area contributed by atoms with E-state index in [4.69, 9.17) is 10.2 Å². The minimum absolute atomic E-state index is 0.0175. The molecule has 0 heterocycles. The summed E-state index contributed by atoms with van der Waals surface area (Å²) in [6.45, 7) is 1.68. The molecule has 6 heteroatoms. The minimum atomic E-state index is -1.13. The van der Waals surface area contributed by atoms with E-state index in [9.17, 15) is 9.59 Å². The number of carboxylic acid groups (broad SMARTS) is 1. The van der Waals surface area contributed by atoms with Crippen LogP contribution in [0.1, 0.15) is 26.2 Å². The van der Waals surface area contributed by atoms with Gasteiger partial charge in [-0.15, -0.1) is 0 Å². The van der Waals surface area contributed by atoms with Crippen LogP contribution in [-0.2, 0) is 9.59 Å². The van der Waals surface area contributed by atoms with Gasteiger partial charge in [-0.05, 0) is 13.5 Å². The third-order valence-electron chi connectivity index (χ3n) is 2.27. The first-order chi connectivity index (χ1) is 7.56. The number of carboxylic acids is 1. The molecule has 0 rings (SSSR count). The first-order valence-electron chi connectivity index (χ1n) is 5.38. The second kappa shape index (κ2) is 8.06. The number of aliphatic carboxylic acids is 1. The van der Waals surface area contributed by atoms with E-state index in [2.05, 4.69) is 10.6 Å². The average molecular weight is 232 g/mol. The van der Waals surface area contributed by atoms with E-state index in [0.29, 0.717) is 6.42 Å². The number of hydrogen-bond donors (Lipinski definition) is 4. The summed E-state index contributed by atoms with van der Waals surface area (Å²) in [6, 6.07) is -1.41. The van der Waals surface area contributed by atoms with Gasteiger partial charge in [0.15, 0.2) is 0 Å². The van der Waals surface area contributed by atoms with Crippen molar-refractivity contribution in [1.82, 2.24) is 10.6 Å². The molecule has 0 radical (unpaired) electrons. The lowest BCUT2D eigenvalue weighted by atomic mass is 10.1. The normalized spacial score (nSPS) is 14.2. The number of carbonyl (C=O) groups is 2. The van der Waals surface area contributed by atoms with E-state index < -0.39 is 12.0 Å². The molecule has 94 valence electrons. The molecule has 4 N–H and O–H groups in total. The maximum absolute atomic E-state index is 11.6. The molecule has 0 unspecified atom stereocenters. The summed E-state index contributed by atoms with van der Waals surface area (Å²) in [5.74, 6) is -1.47. The van der Waals surface area contributed by atoms with E-state index in [1.807, 2.05) is 6.92 Å². The van der Waals surface area contributed by atoms with Crippen LogP contribution in [-0.4, -0.2) is 47.8 Å². The van der Waals surface area contributed by atoms with Crippen LogP contribution in [0.5, 0.6) is 0 Å². The highest BCUT2D eigenvalue weighted by Crippen LogP contribution is 1.98. The van der Waals surface area contributed by atoms with Crippen LogP contribution in [0.15, 0.2) is 0 Å². The fourth-order valence-electron chi connectivity index (χ4n) is 1.35. The van der Waals surface area contributed by atoms with Crippen molar-refractivity contribution < 1.29 is 19.8 Å². The number of carbonyl (C=O) groups excluding carboxylic acids is 1. The molecule has 0 saturated carbocycles. The van der Waals surface area contributed by atoms with Crippen LogP contribution in [0.2, 0.25) is 0 Å². The smallest absolute Gasteiger partial charge is 0.326 e. The van der Waals surface area contributed by atoms with Crippen molar-refractivity contribution in [3.05, 3.63) is 0 Å². The van der Waals surface area contributed by atoms with Crippen molar-refractivity contribution in [3.63, 3.8) is 0 Å². The SMILES string of the molecule is CCC[C@@H](NC)C(=O)N[C@@H](CCO)C(=O)O. The first kappa shape index (κ1) is 14.9. The quantitative estimate of drug-likeness (QED) is 0.445. The van der Waals surface area contributed by atoms with Gasteiger partial charge in [-0.2, -0.15) is 0 Å². The fourth-order valence-corrected chi connectivity index (χ4v) is 1.35. The van der Waals surface area contributed by atoms with Crippen LogP contribution >= 0.6 is 0 Å². The highest BCUT2D eigenvalue weighted by Gasteiger charge is 2.23. The zero-order chi connectivity index (χ0) is 12.6. The van der Waals surface area contributed by atoms with Gasteiger partial charge in [0.2, 0.25) is 5.91 Å². The van der Waals surface area contributed by atoms with Gasteiger partial charge in [-0.25, -0.2) is 4.79 Å². The third kappa shape index (κ3) is 5.09. The average Bonchev–Trinajstić information content (AvgIpc) is 2.24. The van der Waals surface area contributed by atoms with E-state index in [1.54, 1.807) is 7.05 Å². The summed E-state index contributed by atoms with van der Waals surface area (Å²) in [5.41, 5.74) is 0. The lowest BCUT2D eigenvalue weighted by Crippen LogP contribution is -2.49. The van der Waals surface area contributed by atoms with Crippen molar-refractivity contribution in [2.24, 2.45) is 0 Å². The Morgan fingerprint density at radius 3 is 2.25 bits per heavy atom. The Morgan fingerprint density at radius 2 is 1.88 bits per heavy atom. The largest absolute Gasteiger partial charge is 0.480 e. The van der Waals surface area contributed by atoms with E-state index in [0.717, 1.165) is 6.42 Å². The second-order valence-electron chi connectivity index (χ2n) is 3.54. The van der Waals surface area contributed by atoms with Crippen LogP contribution in [0, 0.1) is 0 Å². The van der Waals surface area contributed by atoms with Crippen molar-refractivity contribution in [2.45, 2.75) is 38.3 Å². The Hall–Kier alpha value is -1.14. The van der Waals surface area contributed by atoms with Crippen molar-refractivity contribution in [3.8, 4) is 0 Å². The third-order valence-corrected chi connectivity index (χ3v) is 2.27. The molecular formula is C10H20N2O4. The summed E-state index contributed by atoms with van der Waals surface area (Å²) >= 11 is 0. The van der Waals surface area contributed by atoms with Crippen molar-refractivity contribution in [2.75, 3.05) is 13.7 Å². The predicted octanol–water partition coefficient (Wildman–Crippen LogP) is -0.674. The number of hydrogen-bond acceptors (Lipinski definition) is 4. The Kier molecular flexibility index (Phi) is 7.49. The number of aliphatic hydroxyl groups is 1. The Morgan fingerprint density at radius 1 is 1.25 bits per heavy atom. The molecular weight excluding hydrogens is 212 g/mol. The molecule has 2 atom stereocenters. The fraction of sp³-hybridized carbons (Fsp3) is 0.800. The number of aliphatic hydroxyl groups excluding tert-OH is 1. The predicted molar refractivity (Wildman–Crippen MR) is 59.0 cm³/mol.